The van der Waals surface area contributed by atoms with E-state index in [-0.39, 0.29) is 5.92 Å². The second-order valence-electron chi connectivity index (χ2n) is 9.18. The summed E-state index contributed by atoms with van der Waals surface area (Å²) in [4.78, 5) is 11.7. The molecule has 3 heterocycles. The molecule has 166 valence electrons. The molecule has 2 N–H and O–H groups in total. The van der Waals surface area contributed by atoms with Gasteiger partial charge in [-0.25, -0.2) is 14.6 Å². The Kier molecular flexibility index (Phi) is 4.82. The number of benzene rings is 1. The van der Waals surface area contributed by atoms with Crippen molar-refractivity contribution >= 4 is 33.9 Å². The molecule has 7 nitrogen and oxygen atoms in total. The van der Waals surface area contributed by atoms with Crippen LogP contribution in [-0.2, 0) is 0 Å². The highest BCUT2D eigenvalue weighted by Gasteiger charge is 2.44. The van der Waals surface area contributed by atoms with E-state index in [0.717, 1.165) is 59.5 Å². The number of hydrogen-bond acceptors (Lipinski definition) is 6. The van der Waals surface area contributed by atoms with Crippen molar-refractivity contribution in [2.45, 2.75) is 46.1 Å². The molecular weight excluding hydrogens is 400 g/mol. The predicted molar refractivity (Wildman–Crippen MR) is 129 cm³/mol. The minimum absolute atomic E-state index is 0.237. The molecule has 0 radical (unpaired) electrons. The van der Waals surface area contributed by atoms with Gasteiger partial charge < -0.3 is 15.3 Å². The van der Waals surface area contributed by atoms with Crippen LogP contribution in [0.3, 0.4) is 0 Å². The van der Waals surface area contributed by atoms with Gasteiger partial charge in [0, 0.05) is 42.0 Å². The fraction of sp³-hybridized carbons (Fsp3) is 0.400. The maximum atomic E-state index is 10.8. The Labute approximate surface area is 188 Å². The summed E-state index contributed by atoms with van der Waals surface area (Å²) in [6, 6.07) is 4.29. The summed E-state index contributed by atoms with van der Waals surface area (Å²) >= 11 is 0. The Morgan fingerprint density at radius 2 is 2.12 bits per heavy atom. The Bertz CT molecular complexity index is 1250. The third kappa shape index (κ3) is 3.28. The van der Waals surface area contributed by atoms with Gasteiger partial charge in [0.1, 0.15) is 0 Å². The summed E-state index contributed by atoms with van der Waals surface area (Å²) < 4.78 is 1.85. The molecule has 3 aromatic rings. The molecule has 1 aliphatic carbocycles. The molecule has 1 fully saturated rings. The van der Waals surface area contributed by atoms with E-state index in [9.17, 15) is 5.11 Å². The minimum Gasteiger partial charge on any atom is -0.385 e. The standard InChI is InChI=1S/C25H30N6O/c1-6-16(3)31-17(4)22(12-27-31)29-24-26-11-18-9-15(2)23(10-21(18)28-24)30-13-19-7-8-20(14-30)25(19,5)32/h7,9-12,20,32H,3,6,8,13-14H2,1-2,4-5H3,(H,26,28,29)/t20?,25-/m1/s1. The van der Waals surface area contributed by atoms with E-state index in [1.807, 2.05) is 24.7 Å². The topological polar surface area (TPSA) is 79.1 Å². The molecule has 1 aromatic carbocycles. The quantitative estimate of drug-likeness (QED) is 0.577. The van der Waals surface area contributed by atoms with Crippen molar-refractivity contribution in [2.24, 2.45) is 5.92 Å². The number of aryl methyl sites for hydroxylation is 1. The van der Waals surface area contributed by atoms with Crippen LogP contribution < -0.4 is 10.2 Å². The van der Waals surface area contributed by atoms with Gasteiger partial charge in [0.2, 0.25) is 5.95 Å². The van der Waals surface area contributed by atoms with Crippen LogP contribution >= 0.6 is 0 Å². The van der Waals surface area contributed by atoms with Crippen LogP contribution in [0.1, 0.15) is 37.9 Å². The van der Waals surface area contributed by atoms with Crippen LogP contribution in [0.4, 0.5) is 17.3 Å². The number of nitrogens with one attached hydrogen (secondary N) is 1. The first-order valence-corrected chi connectivity index (χ1v) is 11.2. The van der Waals surface area contributed by atoms with Crippen molar-refractivity contribution in [2.75, 3.05) is 23.3 Å². The van der Waals surface area contributed by atoms with Gasteiger partial charge in [0.05, 0.1) is 28.7 Å². The number of aliphatic hydroxyl groups is 1. The van der Waals surface area contributed by atoms with Gasteiger partial charge >= 0.3 is 0 Å². The van der Waals surface area contributed by atoms with E-state index in [0.29, 0.717) is 5.95 Å². The van der Waals surface area contributed by atoms with Crippen LogP contribution in [0.15, 0.2) is 42.8 Å². The smallest absolute Gasteiger partial charge is 0.227 e. The van der Waals surface area contributed by atoms with Crippen LogP contribution in [0.25, 0.3) is 16.6 Å². The van der Waals surface area contributed by atoms with E-state index >= 15 is 0 Å². The van der Waals surface area contributed by atoms with Gasteiger partial charge in [-0.05, 0) is 56.9 Å². The van der Waals surface area contributed by atoms with Gasteiger partial charge in [-0.3, -0.25) is 0 Å². The lowest BCUT2D eigenvalue weighted by Gasteiger charge is -2.42. The molecule has 7 heteroatoms. The molecule has 32 heavy (non-hydrogen) atoms. The lowest BCUT2D eigenvalue weighted by molar-refractivity contribution is 0.0399. The zero-order valence-electron chi connectivity index (χ0n) is 19.2. The highest BCUT2D eigenvalue weighted by atomic mass is 16.3. The number of hydrogen-bond donors (Lipinski definition) is 2. The molecule has 5 rings (SSSR count). The summed E-state index contributed by atoms with van der Waals surface area (Å²) in [7, 11) is 0. The van der Waals surface area contributed by atoms with E-state index in [2.05, 4.69) is 58.9 Å². The number of anilines is 3. The maximum absolute atomic E-state index is 10.8. The van der Waals surface area contributed by atoms with Gasteiger partial charge in [-0.15, -0.1) is 0 Å². The molecule has 1 saturated heterocycles. The highest BCUT2D eigenvalue weighted by Crippen LogP contribution is 2.42. The van der Waals surface area contributed by atoms with Crippen LogP contribution in [0, 0.1) is 19.8 Å². The number of nitrogens with zero attached hydrogens (tertiary/aromatic N) is 5. The van der Waals surface area contributed by atoms with E-state index < -0.39 is 5.60 Å². The van der Waals surface area contributed by atoms with E-state index in [4.69, 9.17) is 4.98 Å². The molecule has 2 atom stereocenters. The number of rotatable bonds is 5. The van der Waals surface area contributed by atoms with Crippen LogP contribution in [-0.4, -0.2) is 43.5 Å². The summed E-state index contributed by atoms with van der Waals surface area (Å²) in [5, 5.41) is 19.5. The average Bonchev–Trinajstić information content (AvgIpc) is 3.14. The second-order valence-corrected chi connectivity index (χ2v) is 9.18. The first-order chi connectivity index (χ1) is 15.3. The molecule has 2 aromatic heterocycles. The fourth-order valence-electron chi connectivity index (χ4n) is 4.88. The van der Waals surface area contributed by atoms with Crippen molar-refractivity contribution in [1.29, 1.82) is 0 Å². The second kappa shape index (κ2) is 7.45. The zero-order valence-corrected chi connectivity index (χ0v) is 19.2. The van der Waals surface area contributed by atoms with Gasteiger partial charge in [-0.2, -0.15) is 5.10 Å². The van der Waals surface area contributed by atoms with Gasteiger partial charge in [0.15, 0.2) is 0 Å². The largest absolute Gasteiger partial charge is 0.385 e. The fourth-order valence-corrected chi connectivity index (χ4v) is 4.88. The molecule has 0 saturated carbocycles. The van der Waals surface area contributed by atoms with Crippen LogP contribution in [0.5, 0.6) is 0 Å². The first-order valence-electron chi connectivity index (χ1n) is 11.2. The van der Waals surface area contributed by atoms with Crippen molar-refractivity contribution in [3.63, 3.8) is 0 Å². The molecule has 0 amide bonds. The van der Waals surface area contributed by atoms with E-state index in [1.54, 1.807) is 6.20 Å². The lowest BCUT2D eigenvalue weighted by atomic mass is 9.83. The zero-order chi connectivity index (χ0) is 22.6. The first kappa shape index (κ1) is 20.7. The number of piperidine rings is 1. The highest BCUT2D eigenvalue weighted by molar-refractivity contribution is 5.85. The van der Waals surface area contributed by atoms with Crippen molar-refractivity contribution in [3.05, 3.63) is 54.0 Å². The van der Waals surface area contributed by atoms with Crippen molar-refractivity contribution in [3.8, 4) is 0 Å². The number of fused-ring (bicyclic) bond motifs is 3. The third-order valence-electron chi connectivity index (χ3n) is 7.10. The van der Waals surface area contributed by atoms with E-state index in [1.165, 1.54) is 11.3 Å². The number of aromatic nitrogens is 4. The van der Waals surface area contributed by atoms with Gasteiger partial charge in [0.25, 0.3) is 0 Å². The monoisotopic (exact) mass is 430 g/mol. The summed E-state index contributed by atoms with van der Waals surface area (Å²) in [5.41, 5.74) is 6.50. The molecule has 2 aliphatic rings. The minimum atomic E-state index is -0.675. The lowest BCUT2D eigenvalue weighted by Crippen LogP contribution is -2.49. The summed E-state index contributed by atoms with van der Waals surface area (Å²) in [6.45, 7) is 13.8. The number of allylic oxidation sites excluding steroid dienone is 2. The Morgan fingerprint density at radius 1 is 1.31 bits per heavy atom. The Balaban J connectivity index is 1.45. The molecular formula is C25H30N6O. The molecule has 1 unspecified atom stereocenters. The average molecular weight is 431 g/mol. The van der Waals surface area contributed by atoms with Gasteiger partial charge in [-0.1, -0.05) is 19.6 Å². The van der Waals surface area contributed by atoms with Crippen LogP contribution in [0.2, 0.25) is 0 Å². The van der Waals surface area contributed by atoms with Crippen molar-refractivity contribution in [1.82, 2.24) is 19.7 Å². The predicted octanol–water partition coefficient (Wildman–Crippen LogP) is 4.58. The summed E-state index contributed by atoms with van der Waals surface area (Å²) in [5.74, 6) is 0.780. The SMILES string of the molecule is C=C(CC)n1ncc(Nc2ncc3cc(C)c(N4CC5=CCC(C4)[C@]5(C)O)cc3n2)c1C. The normalized spacial score (nSPS) is 22.3. The Morgan fingerprint density at radius 3 is 2.88 bits per heavy atom. The molecule has 2 bridgehead atoms. The molecule has 1 aliphatic heterocycles. The maximum Gasteiger partial charge on any atom is 0.227 e. The molecule has 0 spiro atoms. The Hall–Kier alpha value is -3.19. The van der Waals surface area contributed by atoms with Crippen molar-refractivity contribution < 1.29 is 5.11 Å². The third-order valence-corrected chi connectivity index (χ3v) is 7.10. The summed E-state index contributed by atoms with van der Waals surface area (Å²) in [6.07, 6.45) is 7.63.